The normalized spacial score (nSPS) is 10.5. The molecule has 8 nitrogen and oxygen atoms in total. The lowest BCUT2D eigenvalue weighted by molar-refractivity contribution is 0.379. The van der Waals surface area contributed by atoms with E-state index in [0.717, 1.165) is 24.2 Å². The van der Waals surface area contributed by atoms with Crippen LogP contribution in [0.15, 0.2) is 10.9 Å². The molecule has 19 heavy (non-hydrogen) atoms. The third kappa shape index (κ3) is 3.16. The van der Waals surface area contributed by atoms with Crippen molar-refractivity contribution >= 4 is 11.6 Å². The van der Waals surface area contributed by atoms with Crippen LogP contribution in [0.25, 0.3) is 0 Å². The van der Waals surface area contributed by atoms with Crippen molar-refractivity contribution in [1.29, 1.82) is 0 Å². The Kier molecular flexibility index (Phi) is 4.24. The summed E-state index contributed by atoms with van der Waals surface area (Å²) in [5, 5.41) is 6.89. The molecule has 0 aliphatic rings. The zero-order valence-corrected chi connectivity index (χ0v) is 11.0. The second kappa shape index (κ2) is 6.10. The minimum Gasteiger partial charge on any atom is -0.361 e. The lowest BCUT2D eigenvalue weighted by atomic mass is 10.1. The second-order valence-corrected chi connectivity index (χ2v) is 4.03. The van der Waals surface area contributed by atoms with Crippen LogP contribution in [0, 0.1) is 6.92 Å². The van der Waals surface area contributed by atoms with Crippen molar-refractivity contribution in [3.8, 4) is 0 Å². The smallest absolute Gasteiger partial charge is 0.245 e. The summed E-state index contributed by atoms with van der Waals surface area (Å²) in [6.45, 7) is 4.27. The Morgan fingerprint density at radius 2 is 2.11 bits per heavy atom. The fourth-order valence-corrected chi connectivity index (χ4v) is 1.75. The molecule has 0 aromatic carbocycles. The Morgan fingerprint density at radius 1 is 1.32 bits per heavy atom. The van der Waals surface area contributed by atoms with E-state index in [1.54, 1.807) is 6.92 Å². The molecule has 102 valence electrons. The molecular weight excluding hydrogens is 246 g/mol. The molecule has 0 spiro atoms. The molecule has 0 aliphatic carbocycles. The molecular formula is C11H17N7O. The molecule has 2 aromatic rings. The fraction of sp³-hybridized carbons (Fsp3) is 0.455. The highest BCUT2D eigenvalue weighted by atomic mass is 16.5. The van der Waals surface area contributed by atoms with Gasteiger partial charge >= 0.3 is 0 Å². The number of nitrogens with zero attached hydrogens (tertiary/aromatic N) is 4. The number of nitrogens with one attached hydrogen (secondary N) is 2. The van der Waals surface area contributed by atoms with Gasteiger partial charge in [0.1, 0.15) is 18.0 Å². The van der Waals surface area contributed by atoms with Gasteiger partial charge < -0.3 is 15.3 Å². The van der Waals surface area contributed by atoms with Gasteiger partial charge in [0.05, 0.1) is 6.54 Å². The van der Waals surface area contributed by atoms with Crippen LogP contribution in [-0.4, -0.2) is 20.1 Å². The van der Waals surface area contributed by atoms with Crippen LogP contribution in [0.4, 0.5) is 11.6 Å². The average molecular weight is 263 g/mol. The van der Waals surface area contributed by atoms with Crippen LogP contribution in [0.3, 0.4) is 0 Å². The van der Waals surface area contributed by atoms with Crippen molar-refractivity contribution in [2.45, 2.75) is 33.2 Å². The number of hydrogen-bond acceptors (Lipinski definition) is 8. The maximum atomic E-state index is 5.45. The van der Waals surface area contributed by atoms with E-state index in [-0.39, 0.29) is 0 Å². The SMILES string of the molecule is CCCc1c(NN)ncnc1NCc1nc(C)no1. The summed E-state index contributed by atoms with van der Waals surface area (Å²) in [5.74, 6) is 7.92. The zero-order valence-electron chi connectivity index (χ0n) is 11.0. The topological polar surface area (TPSA) is 115 Å². The summed E-state index contributed by atoms with van der Waals surface area (Å²) in [4.78, 5) is 12.4. The summed E-state index contributed by atoms with van der Waals surface area (Å²) in [6.07, 6.45) is 3.25. The third-order valence-corrected chi connectivity index (χ3v) is 2.56. The maximum Gasteiger partial charge on any atom is 0.245 e. The largest absolute Gasteiger partial charge is 0.361 e. The van der Waals surface area contributed by atoms with Crippen LogP contribution in [0.5, 0.6) is 0 Å². The average Bonchev–Trinajstić information content (AvgIpc) is 2.83. The van der Waals surface area contributed by atoms with E-state index in [1.165, 1.54) is 6.33 Å². The van der Waals surface area contributed by atoms with Gasteiger partial charge in [0, 0.05) is 5.56 Å². The molecule has 0 saturated heterocycles. The van der Waals surface area contributed by atoms with Crippen LogP contribution in [0.1, 0.15) is 30.6 Å². The molecule has 8 heteroatoms. The van der Waals surface area contributed by atoms with Crippen molar-refractivity contribution in [3.63, 3.8) is 0 Å². The van der Waals surface area contributed by atoms with Gasteiger partial charge in [-0.25, -0.2) is 15.8 Å². The highest BCUT2D eigenvalue weighted by molar-refractivity contribution is 5.56. The Hall–Kier alpha value is -2.22. The predicted octanol–water partition coefficient (Wildman–Crippen LogP) is 1.02. The van der Waals surface area contributed by atoms with E-state index >= 15 is 0 Å². The number of hydrogen-bond donors (Lipinski definition) is 3. The van der Waals surface area contributed by atoms with Crippen molar-refractivity contribution in [2.24, 2.45) is 5.84 Å². The Morgan fingerprint density at radius 3 is 2.74 bits per heavy atom. The number of aromatic nitrogens is 4. The van der Waals surface area contributed by atoms with Crippen LogP contribution < -0.4 is 16.6 Å². The number of rotatable bonds is 6. The van der Waals surface area contributed by atoms with E-state index in [4.69, 9.17) is 10.4 Å². The number of nitrogens with two attached hydrogens (primary N) is 1. The Balaban J connectivity index is 2.14. The highest BCUT2D eigenvalue weighted by Gasteiger charge is 2.11. The van der Waals surface area contributed by atoms with E-state index < -0.39 is 0 Å². The minimum atomic E-state index is 0.415. The lowest BCUT2D eigenvalue weighted by Crippen LogP contribution is -2.14. The quantitative estimate of drug-likeness (QED) is 0.522. The molecule has 0 atom stereocenters. The molecule has 0 fully saturated rings. The molecule has 0 aliphatic heterocycles. The molecule has 2 aromatic heterocycles. The van der Waals surface area contributed by atoms with Crippen molar-refractivity contribution in [1.82, 2.24) is 20.1 Å². The number of hydrazine groups is 1. The van der Waals surface area contributed by atoms with Crippen LogP contribution in [-0.2, 0) is 13.0 Å². The van der Waals surface area contributed by atoms with E-state index in [9.17, 15) is 0 Å². The summed E-state index contributed by atoms with van der Waals surface area (Å²) in [6, 6.07) is 0. The zero-order chi connectivity index (χ0) is 13.7. The number of aryl methyl sites for hydroxylation is 1. The van der Waals surface area contributed by atoms with Crippen LogP contribution in [0.2, 0.25) is 0 Å². The fourth-order valence-electron chi connectivity index (χ4n) is 1.75. The van der Waals surface area contributed by atoms with Gasteiger partial charge in [-0.2, -0.15) is 4.98 Å². The Labute approximate surface area is 110 Å². The second-order valence-electron chi connectivity index (χ2n) is 4.03. The van der Waals surface area contributed by atoms with Crippen LogP contribution >= 0.6 is 0 Å². The number of anilines is 2. The third-order valence-electron chi connectivity index (χ3n) is 2.56. The first-order valence-electron chi connectivity index (χ1n) is 6.08. The molecule has 2 heterocycles. The number of nitrogen functional groups attached to an aromatic ring is 1. The molecule has 0 saturated carbocycles. The summed E-state index contributed by atoms with van der Waals surface area (Å²) in [5.41, 5.74) is 3.53. The predicted molar refractivity (Wildman–Crippen MR) is 70.2 cm³/mol. The van der Waals surface area contributed by atoms with Crippen molar-refractivity contribution < 1.29 is 4.52 Å². The monoisotopic (exact) mass is 263 g/mol. The molecule has 4 N–H and O–H groups in total. The first-order valence-corrected chi connectivity index (χ1v) is 6.08. The van der Waals surface area contributed by atoms with Gasteiger partial charge in [-0.05, 0) is 13.3 Å². The van der Waals surface area contributed by atoms with E-state index in [0.29, 0.717) is 24.1 Å². The van der Waals surface area contributed by atoms with E-state index in [1.807, 2.05) is 0 Å². The van der Waals surface area contributed by atoms with Crippen molar-refractivity contribution in [3.05, 3.63) is 23.6 Å². The standard InChI is InChI=1S/C11H17N7O/c1-3-4-8-10(14-6-15-11(8)17-12)13-5-9-16-7(2)18-19-9/h6H,3-5,12H2,1-2H3,(H2,13,14,15,17). The molecule has 0 bridgehead atoms. The molecule has 0 amide bonds. The van der Waals surface area contributed by atoms with Gasteiger partial charge in [-0.15, -0.1) is 0 Å². The summed E-state index contributed by atoms with van der Waals surface area (Å²) < 4.78 is 5.04. The first-order chi connectivity index (χ1) is 9.24. The van der Waals surface area contributed by atoms with E-state index in [2.05, 4.69) is 37.8 Å². The molecule has 0 radical (unpaired) electrons. The Bertz CT molecular complexity index is 540. The van der Waals surface area contributed by atoms with Gasteiger partial charge in [-0.3, -0.25) is 0 Å². The first kappa shape index (κ1) is 13.2. The molecule has 0 unspecified atom stereocenters. The molecule has 2 rings (SSSR count). The maximum absolute atomic E-state index is 5.45. The summed E-state index contributed by atoms with van der Waals surface area (Å²) >= 11 is 0. The van der Waals surface area contributed by atoms with Crippen molar-refractivity contribution in [2.75, 3.05) is 10.7 Å². The van der Waals surface area contributed by atoms with Gasteiger partial charge in [0.25, 0.3) is 0 Å². The highest BCUT2D eigenvalue weighted by Crippen LogP contribution is 2.21. The minimum absolute atomic E-state index is 0.415. The van der Waals surface area contributed by atoms with Gasteiger partial charge in [-0.1, -0.05) is 18.5 Å². The van der Waals surface area contributed by atoms with Gasteiger partial charge in [0.15, 0.2) is 5.82 Å². The summed E-state index contributed by atoms with van der Waals surface area (Å²) in [7, 11) is 0. The van der Waals surface area contributed by atoms with Gasteiger partial charge in [0.2, 0.25) is 5.89 Å². The lowest BCUT2D eigenvalue weighted by Gasteiger charge is -2.12.